The van der Waals surface area contributed by atoms with Gasteiger partial charge in [-0.05, 0) is 164 Å². The maximum absolute atomic E-state index is 15.6. The van der Waals surface area contributed by atoms with Gasteiger partial charge in [0.25, 0.3) is 17.8 Å². The lowest BCUT2D eigenvalue weighted by molar-refractivity contribution is -0.124. The molecule has 17 rings (SSSR count). The number of benzene rings is 6. The molecule has 0 radical (unpaired) electrons. The fourth-order valence-corrected chi connectivity index (χ4v) is 19.4. The first-order valence-corrected chi connectivity index (χ1v) is 47.4. The van der Waals surface area contributed by atoms with Crippen LogP contribution in [0.1, 0.15) is 223 Å². The van der Waals surface area contributed by atoms with Crippen molar-refractivity contribution in [3.05, 3.63) is 274 Å². The molecule has 4 saturated heterocycles. The molecule has 4 fully saturated rings. The average Bonchev–Trinajstić information content (AvgIpc) is 1.61. The minimum absolute atomic E-state index is 0.00524. The molecular formula is C103H116F8N22O6S. The van der Waals surface area contributed by atoms with E-state index in [4.69, 9.17) is 37.3 Å². The molecule has 4 aliphatic rings. The van der Waals surface area contributed by atoms with Crippen LogP contribution < -0.4 is 63.8 Å². The van der Waals surface area contributed by atoms with E-state index in [0.717, 1.165) is 134 Å². The predicted molar refractivity (Wildman–Crippen MR) is 526 cm³/mol. The summed E-state index contributed by atoms with van der Waals surface area (Å²) in [5.41, 5.74) is 29.3. The topological polar surface area (TPSA) is 385 Å². The third-order valence-electron chi connectivity index (χ3n) is 25.2. The van der Waals surface area contributed by atoms with Crippen molar-refractivity contribution in [3.8, 4) is 11.1 Å². The van der Waals surface area contributed by atoms with E-state index in [1.807, 2.05) is 111 Å². The second kappa shape index (κ2) is 43.8. The largest absolute Gasteiger partial charge is 0.459 e. The first-order valence-electron chi connectivity index (χ1n) is 46.6. The number of rotatable bonds is 30. The van der Waals surface area contributed by atoms with Crippen LogP contribution in [0.15, 0.2) is 200 Å². The van der Waals surface area contributed by atoms with Crippen molar-refractivity contribution in [3.63, 3.8) is 0 Å². The number of carbonyl (C=O) groups is 5. The average molecular weight is 1940 g/mol. The van der Waals surface area contributed by atoms with Crippen molar-refractivity contribution in [2.45, 2.75) is 213 Å². The Morgan fingerprint density at radius 2 is 0.979 bits per heavy atom. The van der Waals surface area contributed by atoms with Crippen LogP contribution in [-0.2, 0) is 44.0 Å². The highest BCUT2D eigenvalue weighted by molar-refractivity contribution is 7.18. The molecule has 7 aromatic heterocycles. The van der Waals surface area contributed by atoms with Crippen LogP contribution in [0.3, 0.4) is 0 Å². The summed E-state index contributed by atoms with van der Waals surface area (Å²) in [6.45, 7) is 20.1. The molecule has 13 aromatic rings. The molecule has 6 aromatic carbocycles. The van der Waals surface area contributed by atoms with E-state index in [9.17, 15) is 50.3 Å². The van der Waals surface area contributed by atoms with Gasteiger partial charge in [-0.25, -0.2) is 71.2 Å². The van der Waals surface area contributed by atoms with Gasteiger partial charge in [-0.2, -0.15) is 8.78 Å². The highest BCUT2D eigenvalue weighted by Gasteiger charge is 2.39. The number of amides is 5. The number of anilines is 7. The minimum Gasteiger partial charge on any atom is -0.459 e. The van der Waals surface area contributed by atoms with Gasteiger partial charge < -0.3 is 72.8 Å². The molecule has 0 spiro atoms. The smallest absolute Gasteiger partial charge is 0.284 e. The molecule has 140 heavy (non-hydrogen) atoms. The number of hydrogen-bond donors (Lipinski definition) is 8. The summed E-state index contributed by atoms with van der Waals surface area (Å²) in [7, 11) is 0. The van der Waals surface area contributed by atoms with Gasteiger partial charge in [0.15, 0.2) is 29.0 Å². The number of nitrogens with zero attached hydrogens (tertiary/aromatic N) is 14. The summed E-state index contributed by atoms with van der Waals surface area (Å²) >= 11 is 1.56. The Kier molecular flexibility index (Phi) is 31.8. The zero-order valence-corrected chi connectivity index (χ0v) is 80.4. The number of aromatic nitrogens is 10. The summed E-state index contributed by atoms with van der Waals surface area (Å²) in [6, 6.07) is 44.0. The van der Waals surface area contributed by atoms with E-state index in [1.165, 1.54) is 73.1 Å². The fourth-order valence-electron chi connectivity index (χ4n) is 18.3. The number of aryl methyl sites for hydroxylation is 1. The Balaban J connectivity index is 0.000000150. The van der Waals surface area contributed by atoms with Gasteiger partial charge in [-0.3, -0.25) is 24.0 Å². The maximum atomic E-state index is 15.6. The van der Waals surface area contributed by atoms with Crippen LogP contribution in [0, 0.1) is 41.0 Å². The number of carbonyl (C=O) groups excluding carboxylic acids is 5. The van der Waals surface area contributed by atoms with Crippen molar-refractivity contribution in [2.24, 2.45) is 33.8 Å². The Morgan fingerprint density at radius 3 is 1.51 bits per heavy atom. The summed E-state index contributed by atoms with van der Waals surface area (Å²) in [5.74, 6) is -9.18. The molecule has 8 unspecified atom stereocenters. The molecule has 11 heterocycles. The molecular weight excluding hydrogens is 1830 g/mol. The summed E-state index contributed by atoms with van der Waals surface area (Å²) in [6.07, 6.45) is 17.2. The minimum atomic E-state index is -2.92. The molecule has 5 amide bonds. The molecule has 0 aliphatic carbocycles. The van der Waals surface area contributed by atoms with Gasteiger partial charge >= 0.3 is 0 Å². The maximum Gasteiger partial charge on any atom is 0.284 e. The molecule has 0 bridgehead atoms. The molecule has 736 valence electrons. The predicted octanol–water partition coefficient (Wildman–Crippen LogP) is 19.5. The first kappa shape index (κ1) is 102. The van der Waals surface area contributed by atoms with Crippen LogP contribution in [0.4, 0.5) is 75.8 Å². The zero-order chi connectivity index (χ0) is 100. The van der Waals surface area contributed by atoms with Gasteiger partial charge in [0.2, 0.25) is 35.3 Å². The fraction of sp³-hybridized carbons (Fsp3) is 0.379. The van der Waals surface area contributed by atoms with Crippen molar-refractivity contribution in [1.82, 2.24) is 54.7 Å². The number of fused-ring (bicyclic) bond motifs is 2. The lowest BCUT2D eigenvalue weighted by Gasteiger charge is -2.28. The van der Waals surface area contributed by atoms with Crippen LogP contribution >= 0.6 is 11.3 Å². The van der Waals surface area contributed by atoms with Crippen molar-refractivity contribution < 1.29 is 63.5 Å². The number of para-hydroxylation sites is 1. The molecule has 4 aliphatic heterocycles. The highest BCUT2D eigenvalue weighted by atomic mass is 32.1. The number of hydrogen-bond acceptors (Lipinski definition) is 23. The molecule has 0 saturated carbocycles. The second-order valence-corrected chi connectivity index (χ2v) is 39.1. The Morgan fingerprint density at radius 1 is 0.500 bits per heavy atom. The van der Waals surface area contributed by atoms with E-state index < -0.39 is 82.9 Å². The third kappa shape index (κ3) is 24.7. The second-order valence-electron chi connectivity index (χ2n) is 38.1. The van der Waals surface area contributed by atoms with Crippen LogP contribution in [0.25, 0.3) is 32.4 Å². The number of furan rings is 1. The lowest BCUT2D eigenvalue weighted by atomic mass is 9.88. The molecule has 28 nitrogen and oxygen atoms in total. The van der Waals surface area contributed by atoms with E-state index in [1.54, 1.807) is 48.0 Å². The van der Waals surface area contributed by atoms with Crippen LogP contribution in [0.2, 0.25) is 0 Å². The highest BCUT2D eigenvalue weighted by Crippen LogP contribution is 2.45. The number of nitrogens with one attached hydrogen (secondary N) is 4. The van der Waals surface area contributed by atoms with Gasteiger partial charge in [-0.1, -0.05) is 164 Å². The van der Waals surface area contributed by atoms with Crippen LogP contribution in [0.5, 0.6) is 0 Å². The number of alkyl halides is 4. The third-order valence-corrected chi connectivity index (χ3v) is 26.4. The van der Waals surface area contributed by atoms with E-state index in [-0.39, 0.29) is 105 Å². The number of halogens is 8. The SMILES string of the molecule is CC(C)(C)CC(Nc1cc(N2CCCC2c2ccc(C(C)(F)F)cc2)ncn1)C(N)=O.CC(C)(C)CC(Nc1ncnc(N2CCCC2c2ccc(C(C)(F)F)cc2)c1F)C(N)=O.CCC(C(=O)NCc1ccoc1C(N)=O)n1ccc2c(N3CCCC3c3ccc(-c4ccccc4)cc3)ncnc21.Cc1cc(F)c(CC(Nc2ncnc(N3CCCC3c3nc4ccccc4s3)c2F)C(N)=O)cc1F. The summed E-state index contributed by atoms with van der Waals surface area (Å²) in [5, 5.41) is 13.3. The Labute approximate surface area is 810 Å². The number of thiazole rings is 1. The number of nitrogens with two attached hydrogens (primary N) is 4. The van der Waals surface area contributed by atoms with Crippen molar-refractivity contribution in [2.75, 3.05) is 61.7 Å². The van der Waals surface area contributed by atoms with Crippen molar-refractivity contribution >= 4 is 103 Å². The normalized spacial score (nSPS) is 17.0. The first-order chi connectivity index (χ1) is 66.7. The van der Waals surface area contributed by atoms with Crippen molar-refractivity contribution in [1.29, 1.82) is 0 Å². The molecule has 12 N–H and O–H groups in total. The summed E-state index contributed by atoms with van der Waals surface area (Å²) < 4.78 is 122. The van der Waals surface area contributed by atoms with E-state index in [2.05, 4.69) is 114 Å². The molecule has 8 atom stereocenters. The Bertz CT molecular complexity index is 6480. The van der Waals surface area contributed by atoms with Gasteiger partial charge in [0.1, 0.15) is 89.2 Å². The standard InChI is InChI=1S/C32H32N6O3.C25H23F3N6OS.C23H30F3N5O.C23H31F2N5O/c1-2-26(32(40)34-19-24-15-18-41-28(24)29(33)39)38-17-14-25-30(35-20-36-31(25)38)37-16-6-9-27(37)23-12-10-22(11-13-23)21-7-4-3-5-8-21;1-13-9-16(27)14(10-15(13)26)11-18(22(29)35)32-23-21(28)24(31-12-30-23)34-8-4-6-19(34)25-33-17-5-2-3-7-20(17)36-25;1-22(2,3)12-16(19(27)32)30-20-18(24)21(29-13-28-20)31-11-5-6-17(31)14-7-9-15(10-8-14)23(4,25)26;1-22(2,3)13-17(21(26)31)29-19-12-20(28-14-27-19)30-11-5-6-18(30)15-7-9-16(10-8-15)23(4,24)25/h3-5,7-8,10-15,17-18,20,26-27H,2,6,9,16,19H2,1H3,(H2,33,39)(H,34,40);2-3,5,7,9-10,12,18-19H,4,6,8,11H2,1H3,(H2,29,35)(H,30,31,32);7-10,13,16-17H,5-6,11-12H2,1-4H3,(H2,27,32)(H,28,29,30);7-10,12,14,17-18H,5-6,11,13H2,1-4H3,(H2,26,31)(H,27,28,29). The van der Waals surface area contributed by atoms with E-state index in [0.29, 0.717) is 49.4 Å². The monoisotopic (exact) mass is 1940 g/mol. The summed E-state index contributed by atoms with van der Waals surface area (Å²) in [4.78, 5) is 108. The van der Waals surface area contributed by atoms with Gasteiger partial charge in [0.05, 0.1) is 46.0 Å². The van der Waals surface area contributed by atoms with Gasteiger partial charge in [0, 0.05) is 81.9 Å². The number of primary amides is 4. The van der Waals surface area contributed by atoms with E-state index >= 15 is 8.78 Å². The van der Waals surface area contributed by atoms with Crippen LogP contribution in [-0.4, -0.2) is 123 Å². The lowest BCUT2D eigenvalue weighted by Crippen LogP contribution is -2.39. The zero-order valence-electron chi connectivity index (χ0n) is 79.6. The Hall–Kier alpha value is -14.3. The quantitative estimate of drug-likeness (QED) is 0.0194. The molecule has 37 heteroatoms. The van der Waals surface area contributed by atoms with Gasteiger partial charge in [-0.15, -0.1) is 11.3 Å².